The van der Waals surface area contributed by atoms with E-state index >= 15 is 0 Å². The van der Waals surface area contributed by atoms with Gasteiger partial charge in [-0.2, -0.15) is 0 Å². The number of anilines is 1. The van der Waals surface area contributed by atoms with Gasteiger partial charge in [-0.25, -0.2) is 0 Å². The molecule has 6 rings (SSSR count). The van der Waals surface area contributed by atoms with Crippen molar-refractivity contribution in [2.45, 2.75) is 50.7 Å². The van der Waals surface area contributed by atoms with Gasteiger partial charge in [0, 0.05) is 49.4 Å². The Bertz CT molecular complexity index is 849. The van der Waals surface area contributed by atoms with Gasteiger partial charge in [-0.05, 0) is 67.7 Å². The van der Waals surface area contributed by atoms with E-state index in [1.165, 1.54) is 24.9 Å². The number of piperazine rings is 1. The number of rotatable bonds is 3. The number of epoxide rings is 1. The highest BCUT2D eigenvalue weighted by Crippen LogP contribution is 2.62. The van der Waals surface area contributed by atoms with Crippen LogP contribution in [0, 0.1) is 23.2 Å². The quantitative estimate of drug-likeness (QED) is 0.521. The fourth-order valence-electron chi connectivity index (χ4n) is 7.28. The van der Waals surface area contributed by atoms with Crippen LogP contribution in [0.5, 0.6) is 0 Å². The summed E-state index contributed by atoms with van der Waals surface area (Å²) in [7, 11) is 0. The summed E-state index contributed by atoms with van der Waals surface area (Å²) in [5, 5.41) is 0.775. The Morgan fingerprint density at radius 3 is 2.58 bits per heavy atom. The summed E-state index contributed by atoms with van der Waals surface area (Å²) in [6.45, 7) is 8.12. The molecule has 1 aromatic carbocycles. The van der Waals surface area contributed by atoms with Gasteiger partial charge >= 0.3 is 5.97 Å². The first-order valence-electron chi connectivity index (χ1n) is 12.0. The normalized spacial score (nSPS) is 42.3. The summed E-state index contributed by atoms with van der Waals surface area (Å²) >= 11 is 6.03. The summed E-state index contributed by atoms with van der Waals surface area (Å²) in [5.74, 6) is 1.02. The van der Waals surface area contributed by atoms with Crippen LogP contribution in [-0.2, 0) is 14.3 Å². The second kappa shape index (κ2) is 7.36. The highest BCUT2D eigenvalue weighted by Gasteiger charge is 2.65. The molecule has 5 nitrogen and oxygen atoms in total. The van der Waals surface area contributed by atoms with Crippen LogP contribution in [0.1, 0.15) is 39.0 Å². The Balaban J connectivity index is 1.11. The van der Waals surface area contributed by atoms with Crippen molar-refractivity contribution in [2.24, 2.45) is 23.2 Å². The molecule has 0 amide bonds. The standard InChI is InChI=1S/C25H33ClN2O3/c1-24-7-2-8-25(16-30-25)22(24)13-19-20(23(29)31-21(19)14-24)15-27-9-11-28(12-10-27)18-5-3-17(26)4-6-18/h3-6,19-22H,2,7-16H2,1H3/t19-,20+,21+,22+,24+,25+/m0/s1. The van der Waals surface area contributed by atoms with Gasteiger partial charge in [0.1, 0.15) is 6.10 Å². The van der Waals surface area contributed by atoms with Gasteiger partial charge in [0.15, 0.2) is 0 Å². The maximum atomic E-state index is 12.9. The highest BCUT2D eigenvalue weighted by molar-refractivity contribution is 6.30. The first-order chi connectivity index (χ1) is 15.0. The van der Waals surface area contributed by atoms with Gasteiger partial charge in [-0.15, -0.1) is 0 Å². The molecule has 2 saturated carbocycles. The molecule has 6 heteroatoms. The molecule has 5 aliphatic rings. The maximum absolute atomic E-state index is 12.9. The van der Waals surface area contributed by atoms with Crippen molar-refractivity contribution >= 4 is 23.3 Å². The summed E-state index contributed by atoms with van der Waals surface area (Å²) in [6.07, 6.45) is 5.95. The van der Waals surface area contributed by atoms with Crippen LogP contribution < -0.4 is 4.90 Å². The number of benzene rings is 1. The van der Waals surface area contributed by atoms with E-state index in [2.05, 4.69) is 28.9 Å². The Morgan fingerprint density at radius 2 is 1.87 bits per heavy atom. The molecule has 31 heavy (non-hydrogen) atoms. The molecule has 0 bridgehead atoms. The van der Waals surface area contributed by atoms with Gasteiger partial charge in [0.2, 0.25) is 0 Å². The molecule has 6 atom stereocenters. The van der Waals surface area contributed by atoms with Crippen LogP contribution >= 0.6 is 11.6 Å². The lowest BCUT2D eigenvalue weighted by molar-refractivity contribution is -0.147. The van der Waals surface area contributed by atoms with E-state index in [1.54, 1.807) is 0 Å². The lowest BCUT2D eigenvalue weighted by atomic mass is 9.53. The van der Waals surface area contributed by atoms with Gasteiger partial charge in [0.25, 0.3) is 0 Å². The van der Waals surface area contributed by atoms with E-state index < -0.39 is 0 Å². The predicted molar refractivity (Wildman–Crippen MR) is 120 cm³/mol. The van der Waals surface area contributed by atoms with Crippen LogP contribution in [0.15, 0.2) is 24.3 Å². The monoisotopic (exact) mass is 444 g/mol. The number of esters is 1. The number of ether oxygens (including phenoxy) is 2. The second-order valence-electron chi connectivity index (χ2n) is 10.9. The summed E-state index contributed by atoms with van der Waals surface area (Å²) < 4.78 is 12.0. The zero-order valence-electron chi connectivity index (χ0n) is 18.4. The molecular weight excluding hydrogens is 412 g/mol. The van der Waals surface area contributed by atoms with E-state index in [4.69, 9.17) is 21.1 Å². The first-order valence-corrected chi connectivity index (χ1v) is 12.4. The van der Waals surface area contributed by atoms with Crippen molar-refractivity contribution < 1.29 is 14.3 Å². The van der Waals surface area contributed by atoms with E-state index in [0.717, 1.165) is 57.2 Å². The number of hydrogen-bond donors (Lipinski definition) is 0. The van der Waals surface area contributed by atoms with E-state index in [0.29, 0.717) is 11.8 Å². The zero-order valence-corrected chi connectivity index (χ0v) is 19.2. The SMILES string of the molecule is C[C@]12CCC[C@@]3(CO3)[C@@H]1C[C@@H]1[C@@H](C2)OC(=O)[C@@H]1CN1CCN(c2ccc(Cl)cc2)CC1. The fraction of sp³-hybridized carbons (Fsp3) is 0.720. The molecule has 3 aliphatic heterocycles. The molecule has 3 saturated heterocycles. The van der Waals surface area contributed by atoms with Crippen LogP contribution in [0.2, 0.25) is 5.02 Å². The molecule has 2 aliphatic carbocycles. The van der Waals surface area contributed by atoms with E-state index in [9.17, 15) is 4.79 Å². The minimum atomic E-state index is 0.0226. The minimum Gasteiger partial charge on any atom is -0.462 e. The molecule has 168 valence electrons. The van der Waals surface area contributed by atoms with Crippen molar-refractivity contribution in [3.05, 3.63) is 29.3 Å². The molecule has 3 heterocycles. The van der Waals surface area contributed by atoms with Gasteiger partial charge in [-0.3, -0.25) is 9.69 Å². The number of hydrogen-bond acceptors (Lipinski definition) is 5. The third kappa shape index (κ3) is 3.48. The third-order valence-corrected chi connectivity index (χ3v) is 9.35. The summed E-state index contributed by atoms with van der Waals surface area (Å²) in [5.41, 5.74) is 1.62. The van der Waals surface area contributed by atoms with Crippen LogP contribution in [0.4, 0.5) is 5.69 Å². The van der Waals surface area contributed by atoms with Crippen LogP contribution in [-0.4, -0.2) is 61.9 Å². The smallest absolute Gasteiger partial charge is 0.310 e. The van der Waals surface area contributed by atoms with Gasteiger partial charge < -0.3 is 14.4 Å². The Labute approximate surface area is 190 Å². The van der Waals surface area contributed by atoms with E-state index in [1.807, 2.05) is 12.1 Å². The number of carbonyl (C=O) groups excluding carboxylic acids is 1. The molecule has 0 aromatic heterocycles. The molecule has 0 unspecified atom stereocenters. The number of carbonyl (C=O) groups is 1. The van der Waals surface area contributed by atoms with Crippen molar-refractivity contribution in [3.8, 4) is 0 Å². The largest absolute Gasteiger partial charge is 0.462 e. The summed E-state index contributed by atoms with van der Waals surface area (Å²) in [6, 6.07) is 8.10. The topological polar surface area (TPSA) is 45.3 Å². The third-order valence-electron chi connectivity index (χ3n) is 9.10. The molecule has 5 fully saturated rings. The summed E-state index contributed by atoms with van der Waals surface area (Å²) in [4.78, 5) is 17.8. The number of nitrogens with zero attached hydrogens (tertiary/aromatic N) is 2. The Morgan fingerprint density at radius 1 is 1.13 bits per heavy atom. The fourth-order valence-corrected chi connectivity index (χ4v) is 7.41. The van der Waals surface area contributed by atoms with Crippen LogP contribution in [0.25, 0.3) is 0 Å². The molecule has 1 aromatic rings. The Kier molecular flexibility index (Phi) is 4.82. The molecule has 0 N–H and O–H groups in total. The average Bonchev–Trinajstić information content (AvgIpc) is 3.46. The van der Waals surface area contributed by atoms with Crippen molar-refractivity contribution in [1.29, 1.82) is 0 Å². The van der Waals surface area contributed by atoms with Gasteiger partial charge in [-0.1, -0.05) is 18.5 Å². The van der Waals surface area contributed by atoms with Crippen molar-refractivity contribution in [1.82, 2.24) is 4.90 Å². The lowest BCUT2D eigenvalue weighted by Crippen LogP contribution is -2.52. The first kappa shape index (κ1) is 20.3. The highest BCUT2D eigenvalue weighted by atomic mass is 35.5. The Hall–Kier alpha value is -1.30. The zero-order chi connectivity index (χ0) is 21.2. The van der Waals surface area contributed by atoms with Gasteiger partial charge in [0.05, 0.1) is 18.1 Å². The number of fused-ring (bicyclic) bond motifs is 3. The average molecular weight is 445 g/mol. The van der Waals surface area contributed by atoms with E-state index in [-0.39, 0.29) is 29.0 Å². The maximum Gasteiger partial charge on any atom is 0.310 e. The molecular formula is C25H33ClN2O3. The van der Waals surface area contributed by atoms with Crippen molar-refractivity contribution in [2.75, 3.05) is 44.2 Å². The van der Waals surface area contributed by atoms with Crippen LogP contribution in [0.3, 0.4) is 0 Å². The second-order valence-corrected chi connectivity index (χ2v) is 11.3. The number of halogens is 1. The lowest BCUT2D eigenvalue weighted by Gasteiger charge is -2.51. The minimum absolute atomic E-state index is 0.0226. The predicted octanol–water partition coefficient (Wildman–Crippen LogP) is 3.99. The molecule has 1 spiro atoms. The molecule has 0 radical (unpaired) electrons. The van der Waals surface area contributed by atoms with Crippen molar-refractivity contribution in [3.63, 3.8) is 0 Å².